The van der Waals surface area contributed by atoms with E-state index in [-0.39, 0.29) is 16.0 Å². The molecule has 0 aliphatic rings. The van der Waals surface area contributed by atoms with E-state index in [4.69, 9.17) is 5.14 Å². The van der Waals surface area contributed by atoms with Gasteiger partial charge < -0.3 is 9.47 Å². The lowest BCUT2D eigenvalue weighted by Gasteiger charge is -2.01. The lowest BCUT2D eigenvalue weighted by Crippen LogP contribution is -2.15. The maximum atomic E-state index is 11.5. The molecule has 0 aromatic carbocycles. The second-order valence-electron chi connectivity index (χ2n) is 3.25. The molecule has 1 aromatic rings. The Balaban J connectivity index is 3.62. The first-order valence-electron chi connectivity index (χ1n) is 4.56. The summed E-state index contributed by atoms with van der Waals surface area (Å²) in [6, 6.07) is 0. The molecule has 2 N–H and O–H groups in total. The highest BCUT2D eigenvalue weighted by Crippen LogP contribution is 2.32. The smallest absolute Gasteiger partial charge is 0.348 e. The lowest BCUT2D eigenvalue weighted by atomic mass is 10.2. The third kappa shape index (κ3) is 2.52. The van der Waals surface area contributed by atoms with E-state index >= 15 is 0 Å². The van der Waals surface area contributed by atoms with Crippen LogP contribution in [-0.4, -0.2) is 34.6 Å². The van der Waals surface area contributed by atoms with Crippen LogP contribution in [0.4, 0.5) is 0 Å². The number of carbonyl (C=O) groups is 2. The van der Waals surface area contributed by atoms with Gasteiger partial charge in [-0.2, -0.15) is 0 Å². The second kappa shape index (κ2) is 5.04. The summed E-state index contributed by atoms with van der Waals surface area (Å²) in [6.45, 7) is 1.42. The molecular formula is C9H11NO6S2. The van der Waals surface area contributed by atoms with Crippen molar-refractivity contribution in [1.29, 1.82) is 0 Å². The fourth-order valence-corrected chi connectivity index (χ4v) is 3.49. The van der Waals surface area contributed by atoms with Crippen molar-refractivity contribution in [2.45, 2.75) is 11.1 Å². The topological polar surface area (TPSA) is 113 Å². The first kappa shape index (κ1) is 14.6. The van der Waals surface area contributed by atoms with Gasteiger partial charge in [-0.15, -0.1) is 11.3 Å². The molecule has 0 amide bonds. The lowest BCUT2D eigenvalue weighted by molar-refractivity contribution is 0.0596. The Hall–Kier alpha value is -1.45. The molecule has 0 aliphatic carbocycles. The summed E-state index contributed by atoms with van der Waals surface area (Å²) in [6.07, 6.45) is 0. The molecule has 0 saturated carbocycles. The van der Waals surface area contributed by atoms with Crippen LogP contribution in [0, 0.1) is 6.92 Å². The van der Waals surface area contributed by atoms with Crippen LogP contribution in [0.1, 0.15) is 25.6 Å². The monoisotopic (exact) mass is 293 g/mol. The maximum Gasteiger partial charge on any atom is 0.348 e. The second-order valence-corrected chi connectivity index (χ2v) is 6.02. The van der Waals surface area contributed by atoms with E-state index in [0.29, 0.717) is 11.3 Å². The SMILES string of the molecule is COC(=O)c1sc(S(N)(=O)=O)c(C(=O)OC)c1C. The van der Waals surface area contributed by atoms with Gasteiger partial charge in [0.15, 0.2) is 0 Å². The predicted molar refractivity (Wildman–Crippen MR) is 63.1 cm³/mol. The average Bonchev–Trinajstić information content (AvgIpc) is 2.64. The molecule has 0 radical (unpaired) electrons. The Bertz CT molecular complexity index is 601. The molecule has 0 unspecified atom stereocenters. The van der Waals surface area contributed by atoms with E-state index in [2.05, 4.69) is 9.47 Å². The molecule has 100 valence electrons. The Kier molecular flexibility index (Phi) is 4.09. The predicted octanol–water partition coefficient (Wildman–Crippen LogP) is 0.277. The molecular weight excluding hydrogens is 282 g/mol. The van der Waals surface area contributed by atoms with Crippen LogP contribution >= 0.6 is 11.3 Å². The van der Waals surface area contributed by atoms with Crippen molar-refractivity contribution in [3.8, 4) is 0 Å². The number of sulfonamides is 1. The molecule has 1 rings (SSSR count). The minimum absolute atomic E-state index is 0.00178. The van der Waals surface area contributed by atoms with E-state index in [1.807, 2.05) is 0 Å². The van der Waals surface area contributed by atoms with Gasteiger partial charge in [0.25, 0.3) is 0 Å². The first-order valence-corrected chi connectivity index (χ1v) is 6.93. The van der Waals surface area contributed by atoms with Gasteiger partial charge in [0.1, 0.15) is 9.09 Å². The van der Waals surface area contributed by atoms with Crippen molar-refractivity contribution < 1.29 is 27.5 Å². The van der Waals surface area contributed by atoms with Gasteiger partial charge in [-0.1, -0.05) is 0 Å². The van der Waals surface area contributed by atoms with Crippen molar-refractivity contribution >= 4 is 33.3 Å². The fraction of sp³-hybridized carbons (Fsp3) is 0.333. The number of hydrogen-bond acceptors (Lipinski definition) is 7. The van der Waals surface area contributed by atoms with Crippen LogP contribution < -0.4 is 5.14 Å². The first-order chi connectivity index (χ1) is 8.23. The Morgan fingerprint density at radius 1 is 1.17 bits per heavy atom. The van der Waals surface area contributed by atoms with Crippen LogP contribution in [0.15, 0.2) is 4.21 Å². The number of carbonyl (C=O) groups excluding carboxylic acids is 2. The quantitative estimate of drug-likeness (QED) is 0.801. The van der Waals surface area contributed by atoms with Crippen LogP contribution in [0.3, 0.4) is 0 Å². The molecule has 0 saturated heterocycles. The third-order valence-corrected chi connectivity index (χ3v) is 4.87. The van der Waals surface area contributed by atoms with E-state index in [9.17, 15) is 18.0 Å². The Morgan fingerprint density at radius 2 is 1.67 bits per heavy atom. The molecule has 9 heteroatoms. The maximum absolute atomic E-state index is 11.5. The van der Waals surface area contributed by atoms with Gasteiger partial charge in [-0.05, 0) is 12.5 Å². The summed E-state index contributed by atoms with van der Waals surface area (Å²) in [5, 5.41) is 5.00. The summed E-state index contributed by atoms with van der Waals surface area (Å²) in [4.78, 5) is 23.0. The Labute approximate surface area is 108 Å². The summed E-state index contributed by atoms with van der Waals surface area (Å²) < 4.78 is 31.3. The van der Waals surface area contributed by atoms with Crippen molar-refractivity contribution in [3.63, 3.8) is 0 Å². The standard InChI is InChI=1S/C9H11NO6S2/c1-4-5(7(11)15-2)9(18(10,13)14)17-6(4)8(12)16-3/h1-3H3,(H2,10,13,14). The van der Waals surface area contributed by atoms with Gasteiger partial charge >= 0.3 is 11.9 Å². The van der Waals surface area contributed by atoms with Gasteiger partial charge in [0.05, 0.1) is 19.8 Å². The molecule has 0 bridgehead atoms. The van der Waals surface area contributed by atoms with E-state index < -0.39 is 26.2 Å². The number of nitrogens with two attached hydrogens (primary N) is 1. The summed E-state index contributed by atoms with van der Waals surface area (Å²) in [5.41, 5.74) is -0.0619. The van der Waals surface area contributed by atoms with Gasteiger partial charge in [-0.3, -0.25) is 0 Å². The van der Waals surface area contributed by atoms with Crippen LogP contribution in [0.2, 0.25) is 0 Å². The number of hydrogen-bond donors (Lipinski definition) is 1. The van der Waals surface area contributed by atoms with E-state index in [1.54, 1.807) is 0 Å². The van der Waals surface area contributed by atoms with Crippen LogP contribution in [0.25, 0.3) is 0 Å². The van der Waals surface area contributed by atoms with Crippen molar-refractivity contribution in [2.75, 3.05) is 14.2 Å². The highest BCUT2D eigenvalue weighted by Gasteiger charge is 2.30. The number of methoxy groups -OCH3 is 2. The third-order valence-electron chi connectivity index (χ3n) is 2.13. The summed E-state index contributed by atoms with van der Waals surface area (Å²) in [7, 11) is -1.87. The number of primary sulfonamides is 1. The number of ether oxygens (including phenoxy) is 2. The normalized spacial score (nSPS) is 11.1. The molecule has 1 aromatic heterocycles. The number of thiophene rings is 1. The molecule has 0 aliphatic heterocycles. The molecule has 18 heavy (non-hydrogen) atoms. The zero-order valence-electron chi connectivity index (χ0n) is 9.84. The van der Waals surface area contributed by atoms with Crippen molar-refractivity contribution in [1.82, 2.24) is 0 Å². The van der Waals surface area contributed by atoms with E-state index in [0.717, 1.165) is 14.2 Å². The van der Waals surface area contributed by atoms with Crippen molar-refractivity contribution in [2.24, 2.45) is 5.14 Å². The minimum atomic E-state index is -4.12. The van der Waals surface area contributed by atoms with Gasteiger partial charge in [0, 0.05) is 0 Å². The summed E-state index contributed by atoms with van der Waals surface area (Å²) in [5.74, 6) is -1.61. The zero-order valence-corrected chi connectivity index (χ0v) is 11.5. The molecule has 7 nitrogen and oxygen atoms in total. The molecule has 0 spiro atoms. The average molecular weight is 293 g/mol. The zero-order chi connectivity index (χ0) is 14.1. The molecule has 0 fully saturated rings. The van der Waals surface area contributed by atoms with Gasteiger partial charge in [-0.25, -0.2) is 23.1 Å². The highest BCUT2D eigenvalue weighted by atomic mass is 32.2. The molecule has 1 heterocycles. The minimum Gasteiger partial charge on any atom is -0.465 e. The summed E-state index contributed by atoms with van der Waals surface area (Å²) >= 11 is 0.581. The fourth-order valence-electron chi connectivity index (χ4n) is 1.31. The molecule has 0 atom stereocenters. The van der Waals surface area contributed by atoms with E-state index in [1.165, 1.54) is 6.92 Å². The van der Waals surface area contributed by atoms with Crippen LogP contribution in [0.5, 0.6) is 0 Å². The Morgan fingerprint density at radius 3 is 2.06 bits per heavy atom. The van der Waals surface area contributed by atoms with Gasteiger partial charge in [0.2, 0.25) is 10.0 Å². The highest BCUT2D eigenvalue weighted by molar-refractivity contribution is 7.91. The van der Waals surface area contributed by atoms with Crippen LogP contribution in [-0.2, 0) is 19.5 Å². The number of rotatable bonds is 3. The number of esters is 2. The van der Waals surface area contributed by atoms with Crippen molar-refractivity contribution in [3.05, 3.63) is 16.0 Å². The largest absolute Gasteiger partial charge is 0.465 e.